The van der Waals surface area contributed by atoms with E-state index in [1.54, 1.807) is 0 Å². The topological polar surface area (TPSA) is 26.2 Å². The first-order valence-electron chi connectivity index (χ1n) is 6.56. The average molecular weight is 254 g/mol. The molecule has 3 heteroatoms. The summed E-state index contributed by atoms with van der Waals surface area (Å²) < 4.78 is 8.09. The largest absolute Gasteiger partial charge is 0.490 e. The van der Waals surface area contributed by atoms with Crippen molar-refractivity contribution >= 4 is 21.8 Å². The van der Waals surface area contributed by atoms with E-state index in [9.17, 15) is 0 Å². The summed E-state index contributed by atoms with van der Waals surface area (Å²) >= 11 is 0. The molecule has 0 bridgehead atoms. The van der Waals surface area contributed by atoms with Crippen LogP contribution in [-0.4, -0.2) is 24.8 Å². The molecule has 0 aliphatic rings. The Morgan fingerprint density at radius 3 is 2.68 bits per heavy atom. The van der Waals surface area contributed by atoms with Crippen LogP contribution in [0.3, 0.4) is 0 Å². The summed E-state index contributed by atoms with van der Waals surface area (Å²) in [5, 5.41) is 5.62. The molecule has 2 aromatic carbocycles. The number of aryl methyl sites for hydroxylation is 1. The Labute approximate surface area is 112 Å². The van der Waals surface area contributed by atoms with Gasteiger partial charge in [-0.25, -0.2) is 0 Å². The van der Waals surface area contributed by atoms with Crippen LogP contribution in [0, 0.1) is 0 Å². The van der Waals surface area contributed by atoms with Gasteiger partial charge in [0.15, 0.2) is 0 Å². The number of fused-ring (bicyclic) bond motifs is 3. The summed E-state index contributed by atoms with van der Waals surface area (Å²) in [4.78, 5) is 0. The van der Waals surface area contributed by atoms with Crippen molar-refractivity contribution in [1.82, 2.24) is 9.88 Å². The number of nitrogens with one attached hydrogen (secondary N) is 1. The van der Waals surface area contributed by atoms with Gasteiger partial charge in [0.25, 0.3) is 0 Å². The Balaban J connectivity index is 2.18. The van der Waals surface area contributed by atoms with Crippen molar-refractivity contribution in [3.05, 3.63) is 42.5 Å². The van der Waals surface area contributed by atoms with Crippen molar-refractivity contribution in [1.29, 1.82) is 0 Å². The fourth-order valence-electron chi connectivity index (χ4n) is 2.58. The number of hydrogen-bond donors (Lipinski definition) is 1. The third-order valence-electron chi connectivity index (χ3n) is 3.50. The molecule has 1 aromatic heterocycles. The quantitative estimate of drug-likeness (QED) is 0.724. The fraction of sp³-hybridized carbons (Fsp3) is 0.250. The zero-order valence-corrected chi connectivity index (χ0v) is 11.3. The van der Waals surface area contributed by atoms with Crippen LogP contribution in [-0.2, 0) is 7.05 Å². The minimum absolute atomic E-state index is 0.678. The highest BCUT2D eigenvalue weighted by atomic mass is 16.5. The Morgan fingerprint density at radius 1 is 1.05 bits per heavy atom. The Morgan fingerprint density at radius 2 is 1.84 bits per heavy atom. The zero-order valence-electron chi connectivity index (χ0n) is 11.3. The molecule has 98 valence electrons. The third kappa shape index (κ3) is 1.96. The second-order valence-electron chi connectivity index (χ2n) is 4.68. The van der Waals surface area contributed by atoms with Crippen LogP contribution in [0.2, 0.25) is 0 Å². The Hall–Kier alpha value is -2.00. The number of para-hydroxylation sites is 2. The van der Waals surface area contributed by atoms with Crippen molar-refractivity contribution in [2.45, 2.75) is 0 Å². The van der Waals surface area contributed by atoms with Gasteiger partial charge >= 0.3 is 0 Å². The van der Waals surface area contributed by atoms with Crippen LogP contribution in [0.5, 0.6) is 5.75 Å². The van der Waals surface area contributed by atoms with Gasteiger partial charge in [0.05, 0.1) is 5.52 Å². The molecule has 0 radical (unpaired) electrons. The van der Waals surface area contributed by atoms with E-state index in [0.717, 1.165) is 12.3 Å². The second-order valence-corrected chi connectivity index (χ2v) is 4.68. The fourth-order valence-corrected chi connectivity index (χ4v) is 2.58. The van der Waals surface area contributed by atoms with E-state index in [0.29, 0.717) is 6.61 Å². The van der Waals surface area contributed by atoms with Crippen molar-refractivity contribution in [2.75, 3.05) is 20.2 Å². The number of likely N-dealkylation sites (N-methyl/N-ethyl adjacent to an activating group) is 1. The Bertz CT molecular complexity index is 715. The predicted molar refractivity (Wildman–Crippen MR) is 79.8 cm³/mol. The molecular weight excluding hydrogens is 236 g/mol. The molecular formula is C16H18N2O. The van der Waals surface area contributed by atoms with E-state index in [1.165, 1.54) is 21.8 Å². The zero-order chi connectivity index (χ0) is 13.2. The number of benzene rings is 2. The van der Waals surface area contributed by atoms with Crippen LogP contribution in [0.15, 0.2) is 42.5 Å². The number of rotatable bonds is 4. The summed E-state index contributed by atoms with van der Waals surface area (Å²) in [7, 11) is 4.02. The number of hydrogen-bond acceptors (Lipinski definition) is 2. The third-order valence-corrected chi connectivity index (χ3v) is 3.50. The highest BCUT2D eigenvalue weighted by Gasteiger charge is 2.11. The van der Waals surface area contributed by atoms with E-state index in [1.807, 2.05) is 13.1 Å². The van der Waals surface area contributed by atoms with E-state index in [2.05, 4.69) is 53.3 Å². The lowest BCUT2D eigenvalue weighted by molar-refractivity contribution is 0.321. The molecule has 0 amide bonds. The SMILES string of the molecule is CNCCOc1cccc2c3ccccc3n(C)c12. The molecule has 1 heterocycles. The molecule has 0 spiro atoms. The molecule has 0 saturated carbocycles. The lowest BCUT2D eigenvalue weighted by Gasteiger charge is -2.08. The molecule has 0 aliphatic heterocycles. The van der Waals surface area contributed by atoms with Crippen molar-refractivity contribution < 1.29 is 4.74 Å². The molecule has 0 unspecified atom stereocenters. The van der Waals surface area contributed by atoms with E-state index in [4.69, 9.17) is 4.74 Å². The molecule has 0 aliphatic carbocycles. The monoisotopic (exact) mass is 254 g/mol. The standard InChI is InChI=1S/C16H18N2O/c1-17-10-11-19-15-9-5-7-13-12-6-3-4-8-14(12)18(2)16(13)15/h3-9,17H,10-11H2,1-2H3. The molecule has 1 N–H and O–H groups in total. The minimum atomic E-state index is 0.678. The highest BCUT2D eigenvalue weighted by Crippen LogP contribution is 2.33. The molecule has 0 atom stereocenters. The summed E-state index contributed by atoms with van der Waals surface area (Å²) in [6, 6.07) is 14.7. The van der Waals surface area contributed by atoms with Crippen molar-refractivity contribution in [3.63, 3.8) is 0 Å². The molecule has 3 aromatic rings. The van der Waals surface area contributed by atoms with Crippen LogP contribution in [0.4, 0.5) is 0 Å². The normalized spacial score (nSPS) is 11.3. The first-order chi connectivity index (χ1) is 9.33. The summed E-state index contributed by atoms with van der Waals surface area (Å²) in [6.45, 7) is 1.53. The number of aromatic nitrogens is 1. The van der Waals surface area contributed by atoms with Gasteiger partial charge in [-0.05, 0) is 19.2 Å². The number of nitrogens with zero attached hydrogens (tertiary/aromatic N) is 1. The van der Waals surface area contributed by atoms with Crippen molar-refractivity contribution in [3.8, 4) is 5.75 Å². The average Bonchev–Trinajstić information content (AvgIpc) is 2.74. The molecule has 0 saturated heterocycles. The molecule has 3 nitrogen and oxygen atoms in total. The van der Waals surface area contributed by atoms with Gasteiger partial charge in [-0.15, -0.1) is 0 Å². The van der Waals surface area contributed by atoms with Crippen LogP contribution < -0.4 is 10.1 Å². The van der Waals surface area contributed by atoms with Crippen LogP contribution in [0.25, 0.3) is 21.8 Å². The Kier molecular flexibility index (Phi) is 3.13. The van der Waals surface area contributed by atoms with E-state index >= 15 is 0 Å². The van der Waals surface area contributed by atoms with E-state index < -0.39 is 0 Å². The van der Waals surface area contributed by atoms with E-state index in [-0.39, 0.29) is 0 Å². The first-order valence-corrected chi connectivity index (χ1v) is 6.56. The molecule has 19 heavy (non-hydrogen) atoms. The smallest absolute Gasteiger partial charge is 0.143 e. The van der Waals surface area contributed by atoms with Gasteiger partial charge in [0.2, 0.25) is 0 Å². The second kappa shape index (κ2) is 4.94. The van der Waals surface area contributed by atoms with Gasteiger partial charge in [-0.3, -0.25) is 0 Å². The molecule has 3 rings (SSSR count). The maximum atomic E-state index is 5.89. The first kappa shape index (κ1) is 12.1. The summed E-state index contributed by atoms with van der Waals surface area (Å²) in [5.74, 6) is 0.950. The lowest BCUT2D eigenvalue weighted by Crippen LogP contribution is -2.16. The summed E-state index contributed by atoms with van der Waals surface area (Å²) in [5.41, 5.74) is 2.40. The maximum absolute atomic E-state index is 5.89. The van der Waals surface area contributed by atoms with Crippen LogP contribution >= 0.6 is 0 Å². The van der Waals surface area contributed by atoms with Gasteiger partial charge in [-0.1, -0.05) is 30.3 Å². The highest BCUT2D eigenvalue weighted by molar-refractivity contribution is 6.09. The predicted octanol–water partition coefficient (Wildman–Crippen LogP) is 2.93. The lowest BCUT2D eigenvalue weighted by atomic mass is 10.1. The van der Waals surface area contributed by atoms with Gasteiger partial charge in [0, 0.05) is 29.9 Å². The van der Waals surface area contributed by atoms with Crippen molar-refractivity contribution in [2.24, 2.45) is 7.05 Å². The minimum Gasteiger partial charge on any atom is -0.490 e. The number of ether oxygens (including phenoxy) is 1. The van der Waals surface area contributed by atoms with Gasteiger partial charge in [-0.2, -0.15) is 0 Å². The molecule has 0 fully saturated rings. The van der Waals surface area contributed by atoms with Gasteiger partial charge in [0.1, 0.15) is 12.4 Å². The van der Waals surface area contributed by atoms with Gasteiger partial charge < -0.3 is 14.6 Å². The van der Waals surface area contributed by atoms with Crippen LogP contribution in [0.1, 0.15) is 0 Å². The maximum Gasteiger partial charge on any atom is 0.143 e. The summed E-state index contributed by atoms with van der Waals surface area (Å²) in [6.07, 6.45) is 0.